The van der Waals surface area contributed by atoms with E-state index in [0.29, 0.717) is 11.4 Å². The van der Waals surface area contributed by atoms with Crippen LogP contribution < -0.4 is 0 Å². The third-order valence-corrected chi connectivity index (χ3v) is 1.79. The zero-order valence-corrected chi connectivity index (χ0v) is 7.32. The van der Waals surface area contributed by atoms with E-state index in [0.717, 1.165) is 12.3 Å². The Morgan fingerprint density at radius 1 is 1.07 bits per heavy atom. The SMILES string of the molecule is FC(F)(F)c1ccc(-c2ccon2)nc1. The van der Waals surface area contributed by atoms with Gasteiger partial charge in [0.1, 0.15) is 12.0 Å². The molecule has 0 spiro atoms. The summed E-state index contributed by atoms with van der Waals surface area (Å²) in [6, 6.07) is 3.73. The lowest BCUT2D eigenvalue weighted by Gasteiger charge is -2.05. The zero-order chi connectivity index (χ0) is 10.9. The minimum atomic E-state index is -4.37. The lowest BCUT2D eigenvalue weighted by atomic mass is 10.2. The van der Waals surface area contributed by atoms with E-state index in [1.54, 1.807) is 0 Å². The van der Waals surface area contributed by atoms with E-state index < -0.39 is 11.7 Å². The van der Waals surface area contributed by atoms with Crippen LogP contribution in [0.5, 0.6) is 0 Å². The topological polar surface area (TPSA) is 38.9 Å². The van der Waals surface area contributed by atoms with Gasteiger partial charge in [-0.15, -0.1) is 0 Å². The summed E-state index contributed by atoms with van der Waals surface area (Å²) in [7, 11) is 0. The van der Waals surface area contributed by atoms with E-state index in [1.807, 2.05) is 0 Å². The first-order valence-corrected chi connectivity index (χ1v) is 4.01. The van der Waals surface area contributed by atoms with Gasteiger partial charge in [-0.25, -0.2) is 0 Å². The average molecular weight is 214 g/mol. The fourth-order valence-electron chi connectivity index (χ4n) is 1.06. The number of pyridine rings is 1. The van der Waals surface area contributed by atoms with Gasteiger partial charge in [-0.1, -0.05) is 5.16 Å². The molecule has 0 aliphatic carbocycles. The Kier molecular flexibility index (Phi) is 2.18. The lowest BCUT2D eigenvalue weighted by Crippen LogP contribution is -2.05. The van der Waals surface area contributed by atoms with Crippen molar-refractivity contribution in [1.29, 1.82) is 0 Å². The molecule has 0 N–H and O–H groups in total. The van der Waals surface area contributed by atoms with Gasteiger partial charge in [0.25, 0.3) is 0 Å². The number of alkyl halides is 3. The highest BCUT2D eigenvalue weighted by molar-refractivity contribution is 5.52. The number of hydrogen-bond donors (Lipinski definition) is 0. The Labute approximate surface area is 82.5 Å². The monoisotopic (exact) mass is 214 g/mol. The van der Waals surface area contributed by atoms with Gasteiger partial charge < -0.3 is 4.52 Å². The summed E-state index contributed by atoms with van der Waals surface area (Å²) in [6.07, 6.45) is -2.27. The van der Waals surface area contributed by atoms with Crippen LogP contribution in [0.1, 0.15) is 5.56 Å². The first-order chi connectivity index (χ1) is 7.07. The van der Waals surface area contributed by atoms with Crippen LogP contribution in [0.2, 0.25) is 0 Å². The Bertz CT molecular complexity index is 433. The van der Waals surface area contributed by atoms with Gasteiger partial charge in [0.15, 0.2) is 0 Å². The fraction of sp³-hybridized carbons (Fsp3) is 0.111. The fourth-order valence-corrected chi connectivity index (χ4v) is 1.06. The Morgan fingerprint density at radius 2 is 1.87 bits per heavy atom. The quantitative estimate of drug-likeness (QED) is 0.732. The highest BCUT2D eigenvalue weighted by atomic mass is 19.4. The summed E-state index contributed by atoms with van der Waals surface area (Å²) in [5, 5.41) is 3.56. The van der Waals surface area contributed by atoms with Gasteiger partial charge in [-0.3, -0.25) is 4.98 Å². The van der Waals surface area contributed by atoms with Gasteiger partial charge >= 0.3 is 6.18 Å². The number of rotatable bonds is 1. The van der Waals surface area contributed by atoms with E-state index in [1.165, 1.54) is 18.4 Å². The molecule has 15 heavy (non-hydrogen) atoms. The van der Waals surface area contributed by atoms with Crippen LogP contribution in [0.15, 0.2) is 35.2 Å². The van der Waals surface area contributed by atoms with Crippen LogP contribution >= 0.6 is 0 Å². The summed E-state index contributed by atoms with van der Waals surface area (Å²) in [5.41, 5.74) is -0.0322. The molecular formula is C9H5F3N2O. The van der Waals surface area contributed by atoms with Gasteiger partial charge in [0.2, 0.25) is 0 Å². The molecule has 0 saturated carbocycles. The van der Waals surface area contributed by atoms with Crippen LogP contribution in [0.25, 0.3) is 11.4 Å². The number of hydrogen-bond acceptors (Lipinski definition) is 3. The third-order valence-electron chi connectivity index (χ3n) is 1.79. The summed E-state index contributed by atoms with van der Waals surface area (Å²) in [5.74, 6) is 0. The molecule has 0 amide bonds. The van der Waals surface area contributed by atoms with Crippen molar-refractivity contribution in [3.05, 3.63) is 36.2 Å². The van der Waals surface area contributed by atoms with Gasteiger partial charge in [-0.05, 0) is 12.1 Å². The number of nitrogens with zero attached hydrogens (tertiary/aromatic N) is 2. The molecule has 2 heterocycles. The van der Waals surface area contributed by atoms with Gasteiger partial charge in [0, 0.05) is 12.3 Å². The second kappa shape index (κ2) is 3.38. The standard InChI is InChI=1S/C9H5F3N2O/c10-9(11,12)6-1-2-7(13-5-6)8-3-4-15-14-8/h1-5H. The van der Waals surface area contributed by atoms with Crippen LogP contribution in [-0.4, -0.2) is 10.1 Å². The molecule has 0 bridgehead atoms. The van der Waals surface area contributed by atoms with Gasteiger partial charge in [0.05, 0.1) is 11.3 Å². The minimum Gasteiger partial charge on any atom is -0.364 e. The summed E-state index contributed by atoms with van der Waals surface area (Å²) in [4.78, 5) is 3.65. The predicted octanol–water partition coefficient (Wildman–Crippen LogP) is 2.76. The summed E-state index contributed by atoms with van der Waals surface area (Å²) in [6.45, 7) is 0. The Morgan fingerprint density at radius 3 is 2.33 bits per heavy atom. The maximum absolute atomic E-state index is 12.2. The number of aromatic nitrogens is 2. The first-order valence-electron chi connectivity index (χ1n) is 4.01. The summed E-state index contributed by atoms with van der Waals surface area (Å²) >= 11 is 0. The van der Waals surface area contributed by atoms with Crippen molar-refractivity contribution >= 4 is 0 Å². The molecule has 0 fully saturated rings. The van der Waals surface area contributed by atoms with Crippen LogP contribution in [0, 0.1) is 0 Å². The van der Waals surface area contributed by atoms with Crippen molar-refractivity contribution < 1.29 is 17.7 Å². The molecular weight excluding hydrogens is 209 g/mol. The molecule has 0 aliphatic heterocycles. The molecule has 2 aromatic heterocycles. The van der Waals surface area contributed by atoms with Crippen molar-refractivity contribution in [2.45, 2.75) is 6.18 Å². The molecule has 0 aliphatic rings. The minimum absolute atomic E-state index is 0.344. The summed E-state index contributed by atoms with van der Waals surface area (Å²) < 4.78 is 41.1. The third kappa shape index (κ3) is 1.98. The second-order valence-corrected chi connectivity index (χ2v) is 2.81. The van der Waals surface area contributed by atoms with E-state index in [-0.39, 0.29) is 0 Å². The molecule has 2 rings (SSSR count). The van der Waals surface area contributed by atoms with Crippen molar-refractivity contribution in [3.8, 4) is 11.4 Å². The molecule has 78 valence electrons. The molecule has 0 atom stereocenters. The van der Waals surface area contributed by atoms with E-state index >= 15 is 0 Å². The van der Waals surface area contributed by atoms with E-state index in [4.69, 9.17) is 0 Å². The van der Waals surface area contributed by atoms with Crippen LogP contribution in [0.4, 0.5) is 13.2 Å². The first kappa shape index (κ1) is 9.70. The molecule has 0 aromatic carbocycles. The van der Waals surface area contributed by atoms with Crippen molar-refractivity contribution in [1.82, 2.24) is 10.1 Å². The second-order valence-electron chi connectivity index (χ2n) is 2.81. The zero-order valence-electron chi connectivity index (χ0n) is 7.32. The Balaban J connectivity index is 2.33. The molecule has 6 heteroatoms. The molecule has 2 aromatic rings. The maximum atomic E-state index is 12.2. The Hall–Kier alpha value is -1.85. The highest BCUT2D eigenvalue weighted by Crippen LogP contribution is 2.29. The number of halogens is 3. The maximum Gasteiger partial charge on any atom is 0.417 e. The van der Waals surface area contributed by atoms with Crippen LogP contribution in [0.3, 0.4) is 0 Å². The van der Waals surface area contributed by atoms with E-state index in [2.05, 4.69) is 14.7 Å². The highest BCUT2D eigenvalue weighted by Gasteiger charge is 2.30. The smallest absolute Gasteiger partial charge is 0.364 e. The lowest BCUT2D eigenvalue weighted by molar-refractivity contribution is -0.137. The van der Waals surface area contributed by atoms with Crippen molar-refractivity contribution in [3.63, 3.8) is 0 Å². The van der Waals surface area contributed by atoms with Gasteiger partial charge in [-0.2, -0.15) is 13.2 Å². The van der Waals surface area contributed by atoms with Crippen LogP contribution in [-0.2, 0) is 6.18 Å². The van der Waals surface area contributed by atoms with Crippen molar-refractivity contribution in [2.24, 2.45) is 0 Å². The van der Waals surface area contributed by atoms with E-state index in [9.17, 15) is 13.2 Å². The predicted molar refractivity (Wildman–Crippen MR) is 44.7 cm³/mol. The largest absolute Gasteiger partial charge is 0.417 e. The molecule has 0 saturated heterocycles. The average Bonchev–Trinajstić information content (AvgIpc) is 2.69. The molecule has 0 unspecified atom stereocenters. The normalized spacial score (nSPS) is 11.7. The molecule has 0 radical (unpaired) electrons. The van der Waals surface area contributed by atoms with Crippen molar-refractivity contribution in [2.75, 3.05) is 0 Å². The molecule has 3 nitrogen and oxygen atoms in total.